The maximum atomic E-state index is 5.50. The average Bonchev–Trinajstić information content (AvgIpc) is 2.14. The number of unbranched alkanes of at least 4 members (excludes halogenated alkanes) is 1. The molecule has 1 aliphatic rings. The summed E-state index contributed by atoms with van der Waals surface area (Å²) >= 11 is 3.38. The lowest BCUT2D eigenvalue weighted by atomic mass is 10.4. The van der Waals surface area contributed by atoms with E-state index in [1.165, 1.54) is 6.42 Å². The third-order valence-electron chi connectivity index (χ3n) is 1.30. The van der Waals surface area contributed by atoms with Crippen molar-refractivity contribution in [2.24, 2.45) is 0 Å². The van der Waals surface area contributed by atoms with Gasteiger partial charge in [0.25, 0.3) is 0 Å². The van der Waals surface area contributed by atoms with E-state index < -0.39 is 0 Å². The second-order valence-electron chi connectivity index (χ2n) is 2.26. The third kappa shape index (κ3) is 4.48. The molecule has 0 N–H and O–H groups in total. The summed E-state index contributed by atoms with van der Waals surface area (Å²) in [4.78, 5) is 0. The Morgan fingerprint density at radius 2 is 2.25 bits per heavy atom. The molecule has 0 fully saturated rings. The maximum absolute atomic E-state index is 5.50. The Kier molecular flexibility index (Phi) is 6.08. The number of hydrogen-bond donors (Lipinski definition) is 0. The summed E-state index contributed by atoms with van der Waals surface area (Å²) in [6.45, 7) is 0.826. The molecule has 0 radical (unpaired) electrons. The molecule has 0 bridgehead atoms. The van der Waals surface area contributed by atoms with E-state index in [1.807, 2.05) is 16.9 Å². The van der Waals surface area contributed by atoms with Crippen LogP contribution in [0.2, 0.25) is 0 Å². The second-order valence-corrected chi connectivity index (χ2v) is 5.10. The van der Waals surface area contributed by atoms with Crippen molar-refractivity contribution in [1.82, 2.24) is 0 Å². The first kappa shape index (κ1) is 10.5. The number of alkyl halides is 1. The van der Waals surface area contributed by atoms with Gasteiger partial charge in [-0.05, 0) is 24.3 Å². The van der Waals surface area contributed by atoms with Gasteiger partial charge in [-0.15, -0.1) is 0 Å². The van der Waals surface area contributed by atoms with E-state index in [0.29, 0.717) is 0 Å². The summed E-state index contributed by atoms with van der Waals surface area (Å²) in [7, 11) is 3.41. The van der Waals surface area contributed by atoms with Gasteiger partial charge in [0.2, 0.25) is 0 Å². The maximum Gasteiger partial charge on any atom is 0.126 e. The first-order chi connectivity index (χ1) is 5.93. The lowest BCUT2D eigenvalue weighted by Gasteiger charge is -2.07. The van der Waals surface area contributed by atoms with Gasteiger partial charge in [-0.2, -0.15) is 0 Å². The standard InChI is InChI=1S/C8H11BrOS2/c9-4-1-2-5-10-8-3-6-11-12-7-8/h3,6-7H,1-2,4-5H2. The van der Waals surface area contributed by atoms with Crippen LogP contribution in [0.4, 0.5) is 0 Å². The Labute approximate surface area is 89.5 Å². The Morgan fingerprint density at radius 3 is 2.92 bits per heavy atom. The summed E-state index contributed by atoms with van der Waals surface area (Å²) in [5.41, 5.74) is 0. The predicted octanol–water partition coefficient (Wildman–Crippen LogP) is 3.93. The first-order valence-corrected chi connectivity index (χ1v) is 7.21. The van der Waals surface area contributed by atoms with Gasteiger partial charge >= 0.3 is 0 Å². The van der Waals surface area contributed by atoms with Crippen LogP contribution in [-0.4, -0.2) is 11.9 Å². The van der Waals surface area contributed by atoms with Crippen LogP contribution in [0.3, 0.4) is 0 Å². The molecule has 1 aliphatic heterocycles. The van der Waals surface area contributed by atoms with Gasteiger partial charge < -0.3 is 4.74 Å². The van der Waals surface area contributed by atoms with Crippen molar-refractivity contribution in [3.8, 4) is 0 Å². The van der Waals surface area contributed by atoms with Crippen molar-refractivity contribution in [3.05, 3.63) is 22.7 Å². The molecule has 0 aromatic rings. The third-order valence-corrected chi connectivity index (χ3v) is 3.51. The Balaban J connectivity index is 2.06. The van der Waals surface area contributed by atoms with E-state index >= 15 is 0 Å². The molecule has 1 heterocycles. The highest BCUT2D eigenvalue weighted by Gasteiger charge is 1.97. The van der Waals surface area contributed by atoms with Gasteiger partial charge in [-0.25, -0.2) is 0 Å². The Hall–Kier alpha value is 0.460. The smallest absolute Gasteiger partial charge is 0.126 e. The van der Waals surface area contributed by atoms with E-state index in [4.69, 9.17) is 4.74 Å². The van der Waals surface area contributed by atoms with Crippen LogP contribution in [0.5, 0.6) is 0 Å². The van der Waals surface area contributed by atoms with Gasteiger partial charge in [0.05, 0.1) is 6.61 Å². The molecular formula is C8H11BrOS2. The van der Waals surface area contributed by atoms with Crippen LogP contribution in [0, 0.1) is 0 Å². The molecular weight excluding hydrogens is 256 g/mol. The molecule has 0 aliphatic carbocycles. The molecule has 0 amide bonds. The molecule has 1 nitrogen and oxygen atoms in total. The minimum absolute atomic E-state index is 0.826. The largest absolute Gasteiger partial charge is 0.493 e. The monoisotopic (exact) mass is 266 g/mol. The van der Waals surface area contributed by atoms with Gasteiger partial charge in [-0.1, -0.05) is 37.5 Å². The molecule has 0 saturated heterocycles. The fourth-order valence-corrected chi connectivity index (χ4v) is 2.47. The number of rotatable bonds is 5. The highest BCUT2D eigenvalue weighted by molar-refractivity contribution is 9.09. The van der Waals surface area contributed by atoms with Crippen LogP contribution in [-0.2, 0) is 4.74 Å². The van der Waals surface area contributed by atoms with Crippen molar-refractivity contribution in [2.45, 2.75) is 12.8 Å². The van der Waals surface area contributed by atoms with Gasteiger partial charge in [0, 0.05) is 10.7 Å². The zero-order chi connectivity index (χ0) is 8.65. The predicted molar refractivity (Wildman–Crippen MR) is 61.4 cm³/mol. The zero-order valence-corrected chi connectivity index (χ0v) is 9.88. The molecule has 0 saturated carbocycles. The normalized spacial score (nSPS) is 15.9. The summed E-state index contributed by atoms with van der Waals surface area (Å²) in [6.07, 6.45) is 4.31. The van der Waals surface area contributed by atoms with Crippen LogP contribution in [0.25, 0.3) is 0 Å². The molecule has 0 unspecified atom stereocenters. The van der Waals surface area contributed by atoms with E-state index in [9.17, 15) is 0 Å². The topological polar surface area (TPSA) is 9.23 Å². The summed E-state index contributed by atoms with van der Waals surface area (Å²) in [6, 6.07) is 0. The summed E-state index contributed by atoms with van der Waals surface area (Å²) < 4.78 is 5.50. The molecule has 0 aromatic carbocycles. The van der Waals surface area contributed by atoms with Gasteiger partial charge in [-0.3, -0.25) is 0 Å². The van der Waals surface area contributed by atoms with Crippen molar-refractivity contribution in [3.63, 3.8) is 0 Å². The van der Waals surface area contributed by atoms with Gasteiger partial charge in [0.1, 0.15) is 5.76 Å². The number of ether oxygens (including phenoxy) is 1. The molecule has 0 spiro atoms. The fourth-order valence-electron chi connectivity index (χ4n) is 0.710. The van der Waals surface area contributed by atoms with Crippen molar-refractivity contribution < 1.29 is 4.74 Å². The van der Waals surface area contributed by atoms with Crippen molar-refractivity contribution in [1.29, 1.82) is 0 Å². The fraction of sp³-hybridized carbons (Fsp3) is 0.500. The van der Waals surface area contributed by atoms with E-state index in [-0.39, 0.29) is 0 Å². The Bertz CT molecular complexity index is 180. The quantitative estimate of drug-likeness (QED) is 0.424. The minimum Gasteiger partial charge on any atom is -0.493 e. The lowest BCUT2D eigenvalue weighted by Crippen LogP contribution is -1.93. The van der Waals surface area contributed by atoms with Crippen LogP contribution in [0.15, 0.2) is 22.7 Å². The highest BCUT2D eigenvalue weighted by atomic mass is 79.9. The number of hydrogen-bond acceptors (Lipinski definition) is 3. The van der Waals surface area contributed by atoms with E-state index in [1.54, 1.807) is 21.6 Å². The molecule has 0 atom stereocenters. The first-order valence-electron chi connectivity index (χ1n) is 3.81. The average molecular weight is 267 g/mol. The van der Waals surface area contributed by atoms with Crippen molar-refractivity contribution in [2.75, 3.05) is 11.9 Å². The van der Waals surface area contributed by atoms with Crippen molar-refractivity contribution >= 4 is 37.5 Å². The van der Waals surface area contributed by atoms with E-state index in [2.05, 4.69) is 15.9 Å². The number of allylic oxidation sites excluding steroid dienone is 1. The number of halogens is 1. The molecule has 4 heteroatoms. The molecule has 12 heavy (non-hydrogen) atoms. The zero-order valence-electron chi connectivity index (χ0n) is 6.66. The molecule has 0 aromatic heterocycles. The van der Waals surface area contributed by atoms with Crippen LogP contribution in [0.1, 0.15) is 12.8 Å². The molecule has 68 valence electrons. The van der Waals surface area contributed by atoms with Gasteiger partial charge in [0.15, 0.2) is 0 Å². The van der Waals surface area contributed by atoms with Crippen LogP contribution >= 0.6 is 37.5 Å². The Morgan fingerprint density at radius 1 is 1.33 bits per heavy atom. The van der Waals surface area contributed by atoms with Crippen LogP contribution < -0.4 is 0 Å². The SMILES string of the molecule is BrCCCCOC1=CSSC=C1. The lowest BCUT2D eigenvalue weighted by molar-refractivity contribution is 0.221. The van der Waals surface area contributed by atoms with E-state index in [0.717, 1.165) is 24.1 Å². The summed E-state index contributed by atoms with van der Waals surface area (Å²) in [5, 5.41) is 5.15. The highest BCUT2D eigenvalue weighted by Crippen LogP contribution is 2.30. The second kappa shape index (κ2) is 6.92. The summed E-state index contributed by atoms with van der Waals surface area (Å²) in [5.74, 6) is 0.994. The minimum atomic E-state index is 0.826. The molecule has 1 rings (SSSR count).